The summed E-state index contributed by atoms with van der Waals surface area (Å²) in [6.45, 7) is 0.914. The number of aliphatic carboxylic acids is 1. The van der Waals surface area contributed by atoms with Gasteiger partial charge in [-0.25, -0.2) is 0 Å². The van der Waals surface area contributed by atoms with Crippen LogP contribution in [0.25, 0.3) is 0 Å². The number of carboxylic acids is 1. The molecule has 1 saturated heterocycles. The van der Waals surface area contributed by atoms with Crippen LogP contribution in [0.1, 0.15) is 12.8 Å². The van der Waals surface area contributed by atoms with Gasteiger partial charge >= 0.3 is 5.97 Å². The lowest BCUT2D eigenvalue weighted by Gasteiger charge is -2.13. The van der Waals surface area contributed by atoms with Crippen molar-refractivity contribution in [3.63, 3.8) is 0 Å². The predicted octanol–water partition coefficient (Wildman–Crippen LogP) is 0.513. The van der Waals surface area contributed by atoms with E-state index in [4.69, 9.17) is 14.6 Å². The Morgan fingerprint density at radius 2 is 2.42 bits per heavy atom. The van der Waals surface area contributed by atoms with Crippen molar-refractivity contribution in [1.29, 1.82) is 0 Å². The largest absolute Gasteiger partial charge is 0.481 e. The van der Waals surface area contributed by atoms with Crippen molar-refractivity contribution in [3.05, 3.63) is 0 Å². The Balaban J connectivity index is 2.47. The van der Waals surface area contributed by atoms with E-state index in [1.807, 2.05) is 0 Å². The van der Waals surface area contributed by atoms with Crippen molar-refractivity contribution in [1.82, 2.24) is 0 Å². The average Bonchev–Trinajstić information content (AvgIpc) is 2.28. The van der Waals surface area contributed by atoms with E-state index in [-0.39, 0.29) is 6.10 Å². The maximum Gasteiger partial charge on any atom is 0.308 e. The third-order valence-electron chi connectivity index (χ3n) is 2.13. The van der Waals surface area contributed by atoms with Crippen LogP contribution in [0.5, 0.6) is 0 Å². The summed E-state index contributed by atoms with van der Waals surface area (Å²) in [5, 5.41) is 8.74. The highest BCUT2D eigenvalue weighted by molar-refractivity contribution is 5.70. The number of ether oxygens (including phenoxy) is 2. The minimum absolute atomic E-state index is 0.0357. The molecule has 4 nitrogen and oxygen atoms in total. The van der Waals surface area contributed by atoms with Gasteiger partial charge in [0.15, 0.2) is 0 Å². The molecule has 0 amide bonds. The lowest BCUT2D eigenvalue weighted by atomic mass is 10.0. The quantitative estimate of drug-likeness (QED) is 0.662. The first-order valence-corrected chi connectivity index (χ1v) is 4.07. The number of rotatable bonds is 2. The summed E-state index contributed by atoms with van der Waals surface area (Å²) in [5.41, 5.74) is 0. The molecule has 0 spiro atoms. The van der Waals surface area contributed by atoms with Crippen LogP contribution < -0.4 is 0 Å². The molecule has 0 aliphatic carbocycles. The molecule has 1 N–H and O–H groups in total. The van der Waals surface area contributed by atoms with Crippen LogP contribution in [0.3, 0.4) is 0 Å². The van der Waals surface area contributed by atoms with E-state index in [1.54, 1.807) is 7.11 Å². The van der Waals surface area contributed by atoms with E-state index < -0.39 is 11.9 Å². The highest BCUT2D eigenvalue weighted by Gasteiger charge is 2.25. The van der Waals surface area contributed by atoms with Crippen LogP contribution in [-0.2, 0) is 14.3 Å². The van der Waals surface area contributed by atoms with Crippen molar-refractivity contribution in [2.24, 2.45) is 5.92 Å². The van der Waals surface area contributed by atoms with Crippen molar-refractivity contribution in [3.8, 4) is 0 Å². The minimum Gasteiger partial charge on any atom is -0.481 e. The second kappa shape index (κ2) is 4.42. The lowest BCUT2D eigenvalue weighted by Crippen LogP contribution is -2.22. The average molecular weight is 174 g/mol. The van der Waals surface area contributed by atoms with Crippen molar-refractivity contribution >= 4 is 5.97 Å². The van der Waals surface area contributed by atoms with Crippen LogP contribution in [0.15, 0.2) is 0 Å². The number of carboxylic acid groups (broad SMARTS) is 1. The van der Waals surface area contributed by atoms with Crippen LogP contribution in [-0.4, -0.2) is 37.5 Å². The molecule has 2 atom stereocenters. The Morgan fingerprint density at radius 3 is 3.00 bits per heavy atom. The Hall–Kier alpha value is -0.610. The molecule has 1 rings (SSSR count). The van der Waals surface area contributed by atoms with E-state index in [0.717, 1.165) is 6.42 Å². The lowest BCUT2D eigenvalue weighted by molar-refractivity contribution is -0.144. The zero-order valence-corrected chi connectivity index (χ0v) is 7.16. The first-order chi connectivity index (χ1) is 5.74. The second-order valence-electron chi connectivity index (χ2n) is 2.99. The van der Waals surface area contributed by atoms with Crippen LogP contribution >= 0.6 is 0 Å². The molecule has 0 radical (unpaired) electrons. The SMILES string of the molecule is COC1CCOCC(C(=O)O)C1. The molecule has 12 heavy (non-hydrogen) atoms. The van der Waals surface area contributed by atoms with Gasteiger partial charge in [-0.3, -0.25) is 4.79 Å². The minimum atomic E-state index is -0.793. The van der Waals surface area contributed by atoms with Gasteiger partial charge in [0.05, 0.1) is 18.6 Å². The Bertz CT molecular complexity index is 157. The van der Waals surface area contributed by atoms with Crippen molar-refractivity contribution in [2.45, 2.75) is 18.9 Å². The van der Waals surface area contributed by atoms with Crippen LogP contribution in [0, 0.1) is 5.92 Å². The molecule has 1 fully saturated rings. The molecular weight excluding hydrogens is 160 g/mol. The first-order valence-electron chi connectivity index (χ1n) is 4.07. The van der Waals surface area contributed by atoms with E-state index >= 15 is 0 Å². The molecule has 1 aliphatic heterocycles. The maximum absolute atomic E-state index is 10.6. The van der Waals surface area contributed by atoms with Gasteiger partial charge in [0, 0.05) is 13.7 Å². The summed E-state index contributed by atoms with van der Waals surface area (Å²) in [7, 11) is 1.61. The topological polar surface area (TPSA) is 55.8 Å². The molecule has 0 aromatic heterocycles. The van der Waals surface area contributed by atoms with Crippen molar-refractivity contribution in [2.75, 3.05) is 20.3 Å². The van der Waals surface area contributed by atoms with Gasteiger partial charge in [-0.05, 0) is 12.8 Å². The molecule has 1 aliphatic rings. The van der Waals surface area contributed by atoms with Gasteiger partial charge in [-0.1, -0.05) is 0 Å². The first kappa shape index (κ1) is 9.48. The van der Waals surface area contributed by atoms with Gasteiger partial charge < -0.3 is 14.6 Å². The normalized spacial score (nSPS) is 31.1. The summed E-state index contributed by atoms with van der Waals surface area (Å²) >= 11 is 0. The van der Waals surface area contributed by atoms with Gasteiger partial charge in [0.25, 0.3) is 0 Å². The third kappa shape index (κ3) is 2.46. The van der Waals surface area contributed by atoms with E-state index in [0.29, 0.717) is 19.6 Å². The van der Waals surface area contributed by atoms with Gasteiger partial charge in [0.2, 0.25) is 0 Å². The number of hydrogen-bond donors (Lipinski definition) is 1. The number of methoxy groups -OCH3 is 1. The van der Waals surface area contributed by atoms with Gasteiger partial charge in [-0.2, -0.15) is 0 Å². The molecule has 0 saturated carbocycles. The Kier molecular flexibility index (Phi) is 3.49. The molecule has 70 valence electrons. The molecule has 0 aromatic rings. The fraction of sp³-hybridized carbons (Fsp3) is 0.875. The molecule has 4 heteroatoms. The van der Waals surface area contributed by atoms with E-state index in [1.165, 1.54) is 0 Å². The molecule has 2 unspecified atom stereocenters. The summed E-state index contributed by atoms with van der Waals surface area (Å²) in [4.78, 5) is 10.6. The Morgan fingerprint density at radius 1 is 1.67 bits per heavy atom. The van der Waals surface area contributed by atoms with E-state index in [2.05, 4.69) is 0 Å². The number of hydrogen-bond acceptors (Lipinski definition) is 3. The molecule has 0 aromatic carbocycles. The summed E-state index contributed by atoms with van der Waals surface area (Å²) < 4.78 is 10.2. The fourth-order valence-electron chi connectivity index (χ4n) is 1.33. The monoisotopic (exact) mass is 174 g/mol. The predicted molar refractivity (Wildman–Crippen MR) is 42.0 cm³/mol. The smallest absolute Gasteiger partial charge is 0.308 e. The zero-order chi connectivity index (χ0) is 8.97. The van der Waals surface area contributed by atoms with E-state index in [9.17, 15) is 4.79 Å². The summed E-state index contributed by atoms with van der Waals surface area (Å²) in [6, 6.07) is 0. The highest BCUT2D eigenvalue weighted by atomic mass is 16.5. The van der Waals surface area contributed by atoms with Crippen LogP contribution in [0.2, 0.25) is 0 Å². The summed E-state index contributed by atoms with van der Waals surface area (Å²) in [6.07, 6.45) is 1.39. The van der Waals surface area contributed by atoms with Crippen molar-refractivity contribution < 1.29 is 19.4 Å². The van der Waals surface area contributed by atoms with Crippen LogP contribution in [0.4, 0.5) is 0 Å². The maximum atomic E-state index is 10.6. The standard InChI is InChI=1S/C8H14O4/c1-11-7-2-3-12-5-6(4-7)8(9)10/h6-7H,2-5H2,1H3,(H,9,10). The fourth-order valence-corrected chi connectivity index (χ4v) is 1.33. The second-order valence-corrected chi connectivity index (χ2v) is 2.99. The zero-order valence-electron chi connectivity index (χ0n) is 7.16. The highest BCUT2D eigenvalue weighted by Crippen LogP contribution is 2.17. The molecular formula is C8H14O4. The molecule has 0 bridgehead atoms. The summed E-state index contributed by atoms with van der Waals surface area (Å²) in [5.74, 6) is -1.20. The van der Waals surface area contributed by atoms with Gasteiger partial charge in [0.1, 0.15) is 0 Å². The molecule has 1 heterocycles. The third-order valence-corrected chi connectivity index (χ3v) is 2.13. The number of carbonyl (C=O) groups is 1. The van der Waals surface area contributed by atoms with Gasteiger partial charge in [-0.15, -0.1) is 0 Å². The Labute approximate surface area is 71.5 Å².